The lowest BCUT2D eigenvalue weighted by Gasteiger charge is -2.27. The van der Waals surface area contributed by atoms with Crippen LogP contribution in [0.15, 0.2) is 24.3 Å². The second-order valence-corrected chi connectivity index (χ2v) is 5.50. The summed E-state index contributed by atoms with van der Waals surface area (Å²) >= 11 is 0. The first kappa shape index (κ1) is 14.9. The molecule has 2 nitrogen and oxygen atoms in total. The zero-order chi connectivity index (χ0) is 14.9. The van der Waals surface area contributed by atoms with Gasteiger partial charge in [-0.1, -0.05) is 18.2 Å². The molecule has 1 aromatic carbocycles. The van der Waals surface area contributed by atoms with Crippen LogP contribution in [0, 0.1) is 0 Å². The summed E-state index contributed by atoms with van der Waals surface area (Å²) in [5.74, 6) is -0.0955. The lowest BCUT2D eigenvalue weighted by molar-refractivity contribution is -0.138. The van der Waals surface area contributed by atoms with E-state index < -0.39 is 11.7 Å². The summed E-state index contributed by atoms with van der Waals surface area (Å²) < 4.78 is 37.9. The summed E-state index contributed by atoms with van der Waals surface area (Å²) in [6, 6.07) is 5.35. The summed E-state index contributed by atoms with van der Waals surface area (Å²) in [4.78, 5) is 14.0. The zero-order valence-electron chi connectivity index (χ0n) is 11.6. The van der Waals surface area contributed by atoms with Crippen molar-refractivity contribution < 1.29 is 18.0 Å². The first-order valence-corrected chi connectivity index (χ1v) is 6.76. The Morgan fingerprint density at radius 1 is 1.35 bits per heavy atom. The van der Waals surface area contributed by atoms with E-state index in [1.54, 1.807) is 11.0 Å². The molecule has 0 heterocycles. The molecule has 0 bridgehead atoms. The predicted octanol–water partition coefficient (Wildman–Crippen LogP) is 3.65. The molecule has 0 unspecified atom stereocenters. The lowest BCUT2D eigenvalue weighted by atomic mass is 10.1. The maximum atomic E-state index is 12.6. The van der Waals surface area contributed by atoms with Crippen molar-refractivity contribution >= 4 is 5.91 Å². The first-order chi connectivity index (χ1) is 9.29. The number of hydrogen-bond acceptors (Lipinski definition) is 1. The number of rotatable bonds is 4. The maximum absolute atomic E-state index is 12.6. The molecule has 0 spiro atoms. The quantitative estimate of drug-likeness (QED) is 0.827. The summed E-state index contributed by atoms with van der Waals surface area (Å²) in [5.41, 5.74) is -0.290. The van der Waals surface area contributed by atoms with Crippen LogP contribution in [0.3, 0.4) is 0 Å². The topological polar surface area (TPSA) is 20.3 Å². The molecule has 0 N–H and O–H groups in total. The summed E-state index contributed by atoms with van der Waals surface area (Å²) in [7, 11) is 0. The van der Waals surface area contributed by atoms with Crippen LogP contribution < -0.4 is 0 Å². The minimum absolute atomic E-state index is 0.0264. The highest BCUT2D eigenvalue weighted by molar-refractivity contribution is 5.79. The molecule has 1 aliphatic carbocycles. The van der Waals surface area contributed by atoms with Crippen molar-refractivity contribution in [1.29, 1.82) is 0 Å². The van der Waals surface area contributed by atoms with Crippen molar-refractivity contribution in [3.8, 4) is 0 Å². The molecule has 5 heteroatoms. The third-order valence-corrected chi connectivity index (χ3v) is 3.39. The molecule has 0 radical (unpaired) electrons. The van der Waals surface area contributed by atoms with E-state index in [9.17, 15) is 18.0 Å². The van der Waals surface area contributed by atoms with E-state index in [4.69, 9.17) is 0 Å². The van der Waals surface area contributed by atoms with E-state index in [2.05, 4.69) is 0 Å². The molecule has 0 aromatic heterocycles. The average molecular weight is 285 g/mol. The molecule has 1 aromatic rings. The van der Waals surface area contributed by atoms with Crippen LogP contribution in [-0.2, 0) is 17.4 Å². The van der Waals surface area contributed by atoms with Gasteiger partial charge in [0.1, 0.15) is 0 Å². The van der Waals surface area contributed by atoms with Crippen LogP contribution in [0.2, 0.25) is 0 Å². The van der Waals surface area contributed by atoms with Gasteiger partial charge in [0.25, 0.3) is 0 Å². The SMILES string of the molecule is CC(C)N(C(=O)Cc1cccc(C(F)(F)F)c1)C1CC1. The molecule has 0 aliphatic heterocycles. The van der Waals surface area contributed by atoms with E-state index >= 15 is 0 Å². The van der Waals surface area contributed by atoms with Crippen molar-refractivity contribution in [3.05, 3.63) is 35.4 Å². The molecule has 1 fully saturated rings. The Kier molecular flexibility index (Phi) is 4.06. The maximum Gasteiger partial charge on any atom is 0.416 e. The molecule has 1 aliphatic rings. The Labute approximate surface area is 116 Å². The fourth-order valence-corrected chi connectivity index (χ4v) is 2.39. The van der Waals surface area contributed by atoms with Crippen LogP contribution in [0.25, 0.3) is 0 Å². The fraction of sp³-hybridized carbons (Fsp3) is 0.533. The van der Waals surface area contributed by atoms with Gasteiger partial charge < -0.3 is 4.90 Å². The van der Waals surface area contributed by atoms with Crippen LogP contribution in [0.5, 0.6) is 0 Å². The third-order valence-electron chi connectivity index (χ3n) is 3.39. The number of alkyl halides is 3. The van der Waals surface area contributed by atoms with Gasteiger partial charge in [0.05, 0.1) is 12.0 Å². The van der Waals surface area contributed by atoms with Crippen molar-refractivity contribution in [2.45, 2.75) is 51.4 Å². The number of hydrogen-bond donors (Lipinski definition) is 0. The van der Waals surface area contributed by atoms with E-state index in [0.29, 0.717) is 5.56 Å². The molecule has 110 valence electrons. The van der Waals surface area contributed by atoms with Gasteiger partial charge in [-0.2, -0.15) is 13.2 Å². The zero-order valence-corrected chi connectivity index (χ0v) is 11.6. The third kappa shape index (κ3) is 3.52. The minimum Gasteiger partial charge on any atom is -0.337 e. The normalized spacial score (nSPS) is 15.5. The number of halogens is 3. The molecule has 1 amide bonds. The van der Waals surface area contributed by atoms with E-state index in [1.807, 2.05) is 13.8 Å². The molecule has 0 saturated heterocycles. The molecular formula is C15H18F3NO. The van der Waals surface area contributed by atoms with Crippen molar-refractivity contribution in [3.63, 3.8) is 0 Å². The Balaban J connectivity index is 2.11. The van der Waals surface area contributed by atoms with E-state index in [0.717, 1.165) is 25.0 Å². The van der Waals surface area contributed by atoms with Crippen LogP contribution in [0.1, 0.15) is 37.8 Å². The Bertz CT molecular complexity index is 490. The van der Waals surface area contributed by atoms with Crippen molar-refractivity contribution in [1.82, 2.24) is 4.90 Å². The number of benzene rings is 1. The van der Waals surface area contributed by atoms with Crippen molar-refractivity contribution in [2.75, 3.05) is 0 Å². The van der Waals surface area contributed by atoms with Gasteiger partial charge in [-0.05, 0) is 38.3 Å². The van der Waals surface area contributed by atoms with Gasteiger partial charge >= 0.3 is 6.18 Å². The van der Waals surface area contributed by atoms with Gasteiger partial charge in [-0.3, -0.25) is 4.79 Å². The largest absolute Gasteiger partial charge is 0.416 e. The fourth-order valence-electron chi connectivity index (χ4n) is 2.39. The van der Waals surface area contributed by atoms with Crippen LogP contribution in [0.4, 0.5) is 13.2 Å². The molecule has 1 saturated carbocycles. The number of carbonyl (C=O) groups excluding carboxylic acids is 1. The summed E-state index contributed by atoms with van der Waals surface area (Å²) in [5, 5.41) is 0. The molecule has 2 rings (SSSR count). The Hall–Kier alpha value is -1.52. The highest BCUT2D eigenvalue weighted by atomic mass is 19.4. The van der Waals surface area contributed by atoms with E-state index in [-0.39, 0.29) is 24.4 Å². The number of carbonyl (C=O) groups is 1. The molecular weight excluding hydrogens is 267 g/mol. The Morgan fingerprint density at radius 3 is 2.50 bits per heavy atom. The predicted molar refractivity (Wildman–Crippen MR) is 70.2 cm³/mol. The molecule has 0 atom stereocenters. The van der Waals surface area contributed by atoms with E-state index in [1.165, 1.54) is 6.07 Å². The molecule has 20 heavy (non-hydrogen) atoms. The highest BCUT2D eigenvalue weighted by Crippen LogP contribution is 2.31. The van der Waals surface area contributed by atoms with Crippen LogP contribution in [-0.4, -0.2) is 22.9 Å². The van der Waals surface area contributed by atoms with Crippen molar-refractivity contribution in [2.24, 2.45) is 0 Å². The Morgan fingerprint density at radius 2 is 2.00 bits per heavy atom. The minimum atomic E-state index is -4.37. The lowest BCUT2D eigenvalue weighted by Crippen LogP contribution is -2.39. The van der Waals surface area contributed by atoms with Gasteiger partial charge in [0.2, 0.25) is 5.91 Å². The second kappa shape index (κ2) is 5.46. The summed E-state index contributed by atoms with van der Waals surface area (Å²) in [6.45, 7) is 3.87. The smallest absolute Gasteiger partial charge is 0.337 e. The highest BCUT2D eigenvalue weighted by Gasteiger charge is 2.34. The standard InChI is InChI=1S/C15H18F3NO/c1-10(2)19(13-6-7-13)14(20)9-11-4-3-5-12(8-11)15(16,17)18/h3-5,8,10,13H,6-7,9H2,1-2H3. The first-order valence-electron chi connectivity index (χ1n) is 6.76. The number of nitrogens with zero attached hydrogens (tertiary/aromatic N) is 1. The van der Waals surface area contributed by atoms with Gasteiger partial charge in [-0.25, -0.2) is 0 Å². The van der Waals surface area contributed by atoms with Crippen LogP contribution >= 0.6 is 0 Å². The average Bonchev–Trinajstić information content (AvgIpc) is 3.12. The van der Waals surface area contributed by atoms with Gasteiger partial charge in [-0.15, -0.1) is 0 Å². The second-order valence-electron chi connectivity index (χ2n) is 5.50. The summed E-state index contributed by atoms with van der Waals surface area (Å²) in [6.07, 6.45) is -2.36. The monoisotopic (exact) mass is 285 g/mol. The van der Waals surface area contributed by atoms with Gasteiger partial charge in [0.15, 0.2) is 0 Å². The van der Waals surface area contributed by atoms with Gasteiger partial charge in [0, 0.05) is 12.1 Å². The number of amides is 1.